The summed E-state index contributed by atoms with van der Waals surface area (Å²) in [6.45, 7) is 6.57. The highest BCUT2D eigenvalue weighted by Crippen LogP contribution is 2.11. The van der Waals surface area contributed by atoms with Crippen molar-refractivity contribution in [3.8, 4) is 0 Å². The van der Waals surface area contributed by atoms with E-state index in [4.69, 9.17) is 5.73 Å². The second-order valence-electron chi connectivity index (χ2n) is 8.03. The number of carboxylic acids is 1. The van der Waals surface area contributed by atoms with Crippen molar-refractivity contribution in [2.24, 2.45) is 17.6 Å². The first-order valence-electron chi connectivity index (χ1n) is 10.5. The zero-order valence-electron chi connectivity index (χ0n) is 19.0. The molecule has 0 saturated heterocycles. The van der Waals surface area contributed by atoms with Gasteiger partial charge in [-0.1, -0.05) is 34.1 Å². The van der Waals surface area contributed by atoms with Gasteiger partial charge < -0.3 is 31.9 Å². The second kappa shape index (κ2) is 15.0. The Hall–Kier alpha value is -1.85. The average molecular weight is 463 g/mol. The smallest absolute Gasteiger partial charge is 0.326 e. The van der Waals surface area contributed by atoms with Crippen molar-refractivity contribution in [3.63, 3.8) is 0 Å². The molecule has 0 rings (SSSR count). The molecular weight excluding hydrogens is 424 g/mol. The number of nitrogens with one attached hydrogen (secondary N) is 3. The first-order valence-corrected chi connectivity index (χ1v) is 11.9. The van der Waals surface area contributed by atoms with Crippen LogP contribution >= 0.6 is 11.8 Å². The maximum atomic E-state index is 12.7. The number of aliphatic carboxylic acids is 1. The molecular formula is C20H38N4O6S. The van der Waals surface area contributed by atoms with Crippen LogP contribution in [0.15, 0.2) is 0 Å². The average Bonchev–Trinajstić information content (AvgIpc) is 2.71. The predicted octanol–water partition coefficient (Wildman–Crippen LogP) is -0.310. The first-order chi connectivity index (χ1) is 14.5. The van der Waals surface area contributed by atoms with Crippen LogP contribution < -0.4 is 21.7 Å². The van der Waals surface area contributed by atoms with Gasteiger partial charge in [-0.3, -0.25) is 14.4 Å². The number of rotatable bonds is 15. The summed E-state index contributed by atoms with van der Waals surface area (Å²) in [5.41, 5.74) is 5.79. The van der Waals surface area contributed by atoms with Crippen molar-refractivity contribution < 1.29 is 29.4 Å². The highest BCUT2D eigenvalue weighted by atomic mass is 32.2. The molecule has 31 heavy (non-hydrogen) atoms. The summed E-state index contributed by atoms with van der Waals surface area (Å²) in [4.78, 5) is 49.1. The second-order valence-corrected chi connectivity index (χ2v) is 9.02. The summed E-state index contributed by atoms with van der Waals surface area (Å²) in [5.74, 6) is -2.72. The van der Waals surface area contributed by atoms with Gasteiger partial charge in [0.1, 0.15) is 18.1 Å². The van der Waals surface area contributed by atoms with Crippen LogP contribution in [-0.4, -0.2) is 76.7 Å². The van der Waals surface area contributed by atoms with Crippen molar-refractivity contribution >= 4 is 35.5 Å². The van der Waals surface area contributed by atoms with E-state index in [0.717, 1.165) is 0 Å². The summed E-state index contributed by atoms with van der Waals surface area (Å²) >= 11 is 1.53. The van der Waals surface area contributed by atoms with E-state index in [0.29, 0.717) is 18.6 Å². The van der Waals surface area contributed by atoms with Gasteiger partial charge in [0.25, 0.3) is 0 Å². The molecule has 11 heteroatoms. The quantitative estimate of drug-likeness (QED) is 0.192. The van der Waals surface area contributed by atoms with Gasteiger partial charge in [-0.25, -0.2) is 4.79 Å². The summed E-state index contributed by atoms with van der Waals surface area (Å²) in [5, 5.41) is 26.4. The Kier molecular flexibility index (Phi) is 14.1. The molecule has 180 valence electrons. The lowest BCUT2D eigenvalue weighted by atomic mass is 9.97. The third-order valence-electron chi connectivity index (χ3n) is 4.90. The number of amides is 3. The van der Waals surface area contributed by atoms with Gasteiger partial charge in [-0.15, -0.1) is 0 Å². The van der Waals surface area contributed by atoms with Crippen molar-refractivity contribution in [1.82, 2.24) is 16.0 Å². The van der Waals surface area contributed by atoms with Gasteiger partial charge in [0.05, 0.1) is 12.6 Å². The van der Waals surface area contributed by atoms with E-state index in [1.807, 2.05) is 27.0 Å². The van der Waals surface area contributed by atoms with Crippen LogP contribution in [0.5, 0.6) is 0 Å². The normalized spacial score (nSPS) is 16.0. The molecule has 0 heterocycles. The molecule has 0 bridgehead atoms. The van der Waals surface area contributed by atoms with Crippen molar-refractivity contribution in [1.29, 1.82) is 0 Å². The van der Waals surface area contributed by atoms with Crippen LogP contribution in [0.4, 0.5) is 0 Å². The van der Waals surface area contributed by atoms with Crippen LogP contribution in [0.25, 0.3) is 0 Å². The molecule has 0 saturated carbocycles. The zero-order valence-corrected chi connectivity index (χ0v) is 19.8. The number of aliphatic hydroxyl groups excluding tert-OH is 1. The first kappa shape index (κ1) is 29.1. The minimum absolute atomic E-state index is 0.0186. The van der Waals surface area contributed by atoms with Crippen molar-refractivity contribution in [2.75, 3.05) is 18.6 Å². The lowest BCUT2D eigenvalue weighted by molar-refractivity contribution is -0.144. The Morgan fingerprint density at radius 1 is 0.968 bits per heavy atom. The highest BCUT2D eigenvalue weighted by molar-refractivity contribution is 7.98. The fourth-order valence-electron chi connectivity index (χ4n) is 2.76. The SMILES string of the molecule is CCC(C)C(NC(=O)C(CC(C)C)NC(=O)C(CO)NC(=O)C(N)CCSC)C(=O)O. The van der Waals surface area contributed by atoms with Gasteiger partial charge in [-0.2, -0.15) is 11.8 Å². The zero-order chi connectivity index (χ0) is 24.1. The van der Waals surface area contributed by atoms with Crippen LogP contribution in [0.1, 0.15) is 47.0 Å². The minimum atomic E-state index is -1.28. The molecule has 0 aromatic carbocycles. The molecule has 0 aliphatic rings. The predicted molar refractivity (Wildman–Crippen MR) is 120 cm³/mol. The molecule has 0 aromatic heterocycles. The molecule has 0 aliphatic heterocycles. The highest BCUT2D eigenvalue weighted by Gasteiger charge is 2.32. The van der Waals surface area contributed by atoms with Gasteiger partial charge in [0, 0.05) is 0 Å². The Balaban J connectivity index is 5.26. The fourth-order valence-corrected chi connectivity index (χ4v) is 3.25. The number of hydrogen-bond donors (Lipinski definition) is 6. The van der Waals surface area contributed by atoms with E-state index in [9.17, 15) is 29.4 Å². The Morgan fingerprint density at radius 3 is 1.97 bits per heavy atom. The number of hydrogen-bond acceptors (Lipinski definition) is 7. The molecule has 3 amide bonds. The number of nitrogens with two attached hydrogens (primary N) is 1. The standard InChI is InChI=1S/C20H38N4O6S/c1-6-12(4)16(20(29)30)24-18(27)14(9-11(2)3)22-19(28)15(10-25)23-17(26)13(21)7-8-31-5/h11-16,25H,6-10,21H2,1-5H3,(H,22,28)(H,23,26)(H,24,27)(H,29,30). The summed E-state index contributed by atoms with van der Waals surface area (Å²) in [7, 11) is 0. The molecule has 5 atom stereocenters. The number of aliphatic hydroxyl groups is 1. The molecule has 0 radical (unpaired) electrons. The van der Waals surface area contributed by atoms with Gasteiger partial charge in [-0.05, 0) is 36.7 Å². The number of carbonyl (C=O) groups excluding carboxylic acids is 3. The van der Waals surface area contributed by atoms with Crippen molar-refractivity contribution in [2.45, 2.75) is 71.1 Å². The van der Waals surface area contributed by atoms with E-state index in [-0.39, 0.29) is 18.3 Å². The lowest BCUT2D eigenvalue weighted by Gasteiger charge is -2.27. The van der Waals surface area contributed by atoms with E-state index in [1.165, 1.54) is 11.8 Å². The largest absolute Gasteiger partial charge is 0.480 e. The Labute approximate surface area is 188 Å². The van der Waals surface area contributed by atoms with E-state index in [1.54, 1.807) is 6.92 Å². The number of thioether (sulfide) groups is 1. The van der Waals surface area contributed by atoms with Crippen LogP contribution in [0.2, 0.25) is 0 Å². The summed E-state index contributed by atoms with van der Waals surface area (Å²) in [6, 6.07) is -4.21. The Bertz CT molecular complexity index is 604. The summed E-state index contributed by atoms with van der Waals surface area (Å²) in [6.07, 6.45) is 3.10. The van der Waals surface area contributed by atoms with E-state index in [2.05, 4.69) is 16.0 Å². The maximum Gasteiger partial charge on any atom is 0.326 e. The minimum Gasteiger partial charge on any atom is -0.480 e. The van der Waals surface area contributed by atoms with E-state index < -0.39 is 54.5 Å². The molecule has 0 fully saturated rings. The van der Waals surface area contributed by atoms with Crippen molar-refractivity contribution in [3.05, 3.63) is 0 Å². The fraction of sp³-hybridized carbons (Fsp3) is 0.800. The molecule has 0 spiro atoms. The third kappa shape index (κ3) is 10.8. The van der Waals surface area contributed by atoms with Gasteiger partial charge in [0.2, 0.25) is 17.7 Å². The molecule has 0 aromatic rings. The molecule has 7 N–H and O–H groups in total. The number of carboxylic acid groups (broad SMARTS) is 1. The monoisotopic (exact) mass is 462 g/mol. The topological polar surface area (TPSA) is 171 Å². The van der Waals surface area contributed by atoms with Gasteiger partial charge in [0.15, 0.2) is 0 Å². The molecule has 0 aliphatic carbocycles. The van der Waals surface area contributed by atoms with Gasteiger partial charge >= 0.3 is 5.97 Å². The third-order valence-corrected chi connectivity index (χ3v) is 5.55. The summed E-state index contributed by atoms with van der Waals surface area (Å²) < 4.78 is 0. The van der Waals surface area contributed by atoms with Crippen LogP contribution in [0.3, 0.4) is 0 Å². The van der Waals surface area contributed by atoms with Crippen LogP contribution in [-0.2, 0) is 19.2 Å². The molecule has 10 nitrogen and oxygen atoms in total. The Morgan fingerprint density at radius 2 is 1.52 bits per heavy atom. The van der Waals surface area contributed by atoms with E-state index >= 15 is 0 Å². The van der Waals surface area contributed by atoms with Crippen LogP contribution in [0, 0.1) is 11.8 Å². The number of carbonyl (C=O) groups is 4. The lowest BCUT2D eigenvalue weighted by Crippen LogP contribution is -2.58. The maximum absolute atomic E-state index is 12.7. The molecule has 5 unspecified atom stereocenters.